The number of carbonyl (C=O) groups excluding carboxylic acids is 1. The van der Waals surface area contributed by atoms with Crippen molar-refractivity contribution >= 4 is 6.03 Å². The van der Waals surface area contributed by atoms with Gasteiger partial charge < -0.3 is 15.1 Å². The van der Waals surface area contributed by atoms with Crippen LogP contribution in [0.25, 0.3) is 0 Å². The van der Waals surface area contributed by atoms with Gasteiger partial charge in [-0.3, -0.25) is 0 Å². The molecule has 2 fully saturated rings. The number of hydrogen-bond acceptors (Lipinski definition) is 2. The molecule has 4 nitrogen and oxygen atoms in total. The van der Waals surface area contributed by atoms with Crippen molar-refractivity contribution in [1.29, 1.82) is 0 Å². The van der Waals surface area contributed by atoms with Gasteiger partial charge in [0.1, 0.15) is 0 Å². The van der Waals surface area contributed by atoms with E-state index in [0.29, 0.717) is 11.8 Å². The van der Waals surface area contributed by atoms with Crippen molar-refractivity contribution < 1.29 is 4.79 Å². The molecule has 1 saturated heterocycles. The molecule has 2 amide bonds. The molecular formula is C21H33N3O. The Morgan fingerprint density at radius 3 is 2.52 bits per heavy atom. The van der Waals surface area contributed by atoms with E-state index in [2.05, 4.69) is 48.3 Å². The minimum atomic E-state index is 0.0940. The molecule has 2 atom stereocenters. The van der Waals surface area contributed by atoms with Crippen LogP contribution in [0.5, 0.6) is 0 Å². The molecule has 1 heterocycles. The van der Waals surface area contributed by atoms with E-state index in [1.807, 2.05) is 11.0 Å². The highest BCUT2D eigenvalue weighted by atomic mass is 16.2. The van der Waals surface area contributed by atoms with Gasteiger partial charge in [-0.1, -0.05) is 37.3 Å². The Bertz CT molecular complexity index is 537. The SMILES string of the molecule is CC(CNC(=O)N(CC1CC1)C(C)c1ccccc1)CN1CCCC1. The van der Waals surface area contributed by atoms with E-state index in [-0.39, 0.29) is 12.1 Å². The molecule has 1 saturated carbocycles. The van der Waals surface area contributed by atoms with E-state index in [4.69, 9.17) is 0 Å². The average Bonchev–Trinajstić information content (AvgIpc) is 3.32. The van der Waals surface area contributed by atoms with Crippen molar-refractivity contribution in [3.8, 4) is 0 Å². The zero-order valence-electron chi connectivity index (χ0n) is 15.8. The minimum absolute atomic E-state index is 0.0940. The maximum absolute atomic E-state index is 12.9. The predicted molar refractivity (Wildman–Crippen MR) is 103 cm³/mol. The second kappa shape index (κ2) is 8.70. The third-order valence-corrected chi connectivity index (χ3v) is 5.53. The number of hydrogen-bond donors (Lipinski definition) is 1. The normalized spacial score (nSPS) is 20.2. The fraction of sp³-hybridized carbons (Fsp3) is 0.667. The highest BCUT2D eigenvalue weighted by molar-refractivity contribution is 5.74. The fourth-order valence-electron chi connectivity index (χ4n) is 3.74. The first-order valence-corrected chi connectivity index (χ1v) is 9.95. The molecule has 1 aromatic carbocycles. The molecule has 25 heavy (non-hydrogen) atoms. The van der Waals surface area contributed by atoms with Crippen molar-refractivity contribution in [2.45, 2.75) is 45.6 Å². The monoisotopic (exact) mass is 343 g/mol. The van der Waals surface area contributed by atoms with Crippen LogP contribution in [0.15, 0.2) is 30.3 Å². The van der Waals surface area contributed by atoms with Crippen LogP contribution in [0.1, 0.15) is 51.1 Å². The lowest BCUT2D eigenvalue weighted by molar-refractivity contribution is 0.173. The smallest absolute Gasteiger partial charge is 0.317 e. The van der Waals surface area contributed by atoms with Crippen LogP contribution < -0.4 is 5.32 Å². The maximum atomic E-state index is 12.9. The van der Waals surface area contributed by atoms with E-state index in [1.54, 1.807) is 0 Å². The number of amides is 2. The minimum Gasteiger partial charge on any atom is -0.338 e. The predicted octanol–water partition coefficient (Wildman–Crippen LogP) is 3.90. The first kappa shape index (κ1) is 18.2. The quantitative estimate of drug-likeness (QED) is 0.777. The second-order valence-corrected chi connectivity index (χ2v) is 7.98. The number of nitrogens with one attached hydrogen (secondary N) is 1. The molecular weight excluding hydrogens is 310 g/mol. The van der Waals surface area contributed by atoms with Gasteiger partial charge in [0, 0.05) is 19.6 Å². The van der Waals surface area contributed by atoms with Crippen LogP contribution in [0.3, 0.4) is 0 Å². The molecule has 4 heteroatoms. The highest BCUT2D eigenvalue weighted by Crippen LogP contribution is 2.32. The summed E-state index contributed by atoms with van der Waals surface area (Å²) in [5.74, 6) is 1.19. The number of likely N-dealkylation sites (tertiary alicyclic amines) is 1. The number of rotatable bonds is 8. The Hall–Kier alpha value is -1.55. The molecule has 0 bridgehead atoms. The van der Waals surface area contributed by atoms with Crippen molar-refractivity contribution in [2.24, 2.45) is 11.8 Å². The number of nitrogens with zero attached hydrogens (tertiary/aromatic N) is 2. The summed E-state index contributed by atoms with van der Waals surface area (Å²) in [7, 11) is 0. The van der Waals surface area contributed by atoms with Gasteiger partial charge in [-0.05, 0) is 63.1 Å². The largest absolute Gasteiger partial charge is 0.338 e. The molecule has 1 aliphatic carbocycles. The summed E-state index contributed by atoms with van der Waals surface area (Å²) in [5, 5.41) is 3.20. The van der Waals surface area contributed by atoms with Gasteiger partial charge in [-0.25, -0.2) is 4.79 Å². The average molecular weight is 344 g/mol. The van der Waals surface area contributed by atoms with Gasteiger partial charge in [-0.2, -0.15) is 0 Å². The molecule has 0 aromatic heterocycles. The third kappa shape index (κ3) is 5.46. The van der Waals surface area contributed by atoms with E-state index in [1.165, 1.54) is 44.3 Å². The summed E-state index contributed by atoms with van der Waals surface area (Å²) < 4.78 is 0. The maximum Gasteiger partial charge on any atom is 0.317 e. The molecule has 138 valence electrons. The molecule has 0 spiro atoms. The van der Waals surface area contributed by atoms with E-state index < -0.39 is 0 Å². The summed E-state index contributed by atoms with van der Waals surface area (Å²) in [6, 6.07) is 10.6. The van der Waals surface area contributed by atoms with Crippen LogP contribution >= 0.6 is 0 Å². The molecule has 1 aromatic rings. The summed E-state index contributed by atoms with van der Waals surface area (Å²) in [4.78, 5) is 17.4. The zero-order valence-corrected chi connectivity index (χ0v) is 15.8. The van der Waals surface area contributed by atoms with Crippen molar-refractivity contribution in [3.05, 3.63) is 35.9 Å². The van der Waals surface area contributed by atoms with Gasteiger partial charge in [0.05, 0.1) is 6.04 Å². The van der Waals surface area contributed by atoms with Crippen LogP contribution in [-0.2, 0) is 0 Å². The Kier molecular flexibility index (Phi) is 6.35. The van der Waals surface area contributed by atoms with E-state index >= 15 is 0 Å². The topological polar surface area (TPSA) is 35.6 Å². The lowest BCUT2D eigenvalue weighted by Gasteiger charge is -2.31. The Morgan fingerprint density at radius 1 is 1.20 bits per heavy atom. The van der Waals surface area contributed by atoms with E-state index in [0.717, 1.165) is 19.6 Å². The summed E-state index contributed by atoms with van der Waals surface area (Å²) in [6.07, 6.45) is 5.17. The van der Waals surface area contributed by atoms with Gasteiger partial charge in [0.2, 0.25) is 0 Å². The highest BCUT2D eigenvalue weighted by Gasteiger charge is 2.30. The Balaban J connectivity index is 1.53. The summed E-state index contributed by atoms with van der Waals surface area (Å²) in [6.45, 7) is 9.56. The summed E-state index contributed by atoms with van der Waals surface area (Å²) >= 11 is 0. The third-order valence-electron chi connectivity index (χ3n) is 5.53. The summed E-state index contributed by atoms with van der Waals surface area (Å²) in [5.41, 5.74) is 1.21. The Labute approximate surface area is 152 Å². The van der Waals surface area contributed by atoms with Gasteiger partial charge in [0.25, 0.3) is 0 Å². The first-order chi connectivity index (χ1) is 12.1. The number of benzene rings is 1. The number of urea groups is 1. The lowest BCUT2D eigenvalue weighted by Crippen LogP contribution is -2.44. The standard InChI is InChI=1S/C21H33N3O/c1-17(15-23-12-6-7-13-23)14-22-21(25)24(16-19-10-11-19)18(2)20-8-4-3-5-9-20/h3-5,8-9,17-19H,6-7,10-16H2,1-2H3,(H,22,25). The molecule has 2 unspecified atom stereocenters. The van der Waals surface area contributed by atoms with Crippen LogP contribution in [0, 0.1) is 11.8 Å². The van der Waals surface area contributed by atoms with Gasteiger partial charge in [0.15, 0.2) is 0 Å². The first-order valence-electron chi connectivity index (χ1n) is 9.95. The van der Waals surface area contributed by atoms with Crippen LogP contribution in [0.4, 0.5) is 4.79 Å². The molecule has 2 aliphatic rings. The number of carbonyl (C=O) groups is 1. The fourth-order valence-corrected chi connectivity index (χ4v) is 3.74. The Morgan fingerprint density at radius 2 is 1.88 bits per heavy atom. The second-order valence-electron chi connectivity index (χ2n) is 7.98. The van der Waals surface area contributed by atoms with Crippen molar-refractivity contribution in [1.82, 2.24) is 15.1 Å². The van der Waals surface area contributed by atoms with Crippen molar-refractivity contribution in [2.75, 3.05) is 32.7 Å². The van der Waals surface area contributed by atoms with Crippen LogP contribution in [-0.4, -0.2) is 48.6 Å². The molecule has 0 radical (unpaired) electrons. The molecule has 1 aliphatic heterocycles. The lowest BCUT2D eigenvalue weighted by atomic mass is 10.1. The molecule has 3 rings (SSSR count). The molecule has 1 N–H and O–H groups in total. The van der Waals surface area contributed by atoms with Crippen LogP contribution in [0.2, 0.25) is 0 Å². The van der Waals surface area contributed by atoms with Gasteiger partial charge in [-0.15, -0.1) is 0 Å². The van der Waals surface area contributed by atoms with Crippen molar-refractivity contribution in [3.63, 3.8) is 0 Å². The van der Waals surface area contributed by atoms with Gasteiger partial charge >= 0.3 is 6.03 Å². The zero-order chi connectivity index (χ0) is 17.6. The van der Waals surface area contributed by atoms with E-state index in [9.17, 15) is 4.79 Å².